The molecule has 1 aliphatic heterocycles. The predicted octanol–water partition coefficient (Wildman–Crippen LogP) is 3.08. The van der Waals surface area contributed by atoms with Crippen molar-refractivity contribution in [2.24, 2.45) is 0 Å². The van der Waals surface area contributed by atoms with E-state index < -0.39 is 12.0 Å². The molecule has 1 N–H and O–H groups in total. The standard InChI is InChI=1S/C21H27N3O4S/c1-4-5-11-24-15(2)18(20(25)28-14-13-26-3)19(23-21(24)29)16-6-8-17(9-7-16)27-12-10-22/h6-9,19H,4-5,11-14H2,1-3H3,(H,23,29)/t19-/m0/s1. The SMILES string of the molecule is CCCCN1C(=S)N[C@@H](c2ccc(OCC#N)cc2)C(C(=O)OCCOC)=C1C. The Kier molecular flexibility index (Phi) is 8.90. The molecule has 7 nitrogen and oxygen atoms in total. The second-order valence-electron chi connectivity index (χ2n) is 6.53. The number of nitrogens with zero attached hydrogens (tertiary/aromatic N) is 2. The Balaban J connectivity index is 2.34. The summed E-state index contributed by atoms with van der Waals surface area (Å²) in [5.41, 5.74) is 2.17. The number of methoxy groups -OCH3 is 1. The number of esters is 1. The van der Waals surface area contributed by atoms with Crippen LogP contribution >= 0.6 is 12.2 Å². The maximum absolute atomic E-state index is 12.9. The van der Waals surface area contributed by atoms with Crippen LogP contribution in [-0.4, -0.2) is 49.5 Å². The van der Waals surface area contributed by atoms with Crippen LogP contribution in [0.5, 0.6) is 5.75 Å². The third-order valence-electron chi connectivity index (χ3n) is 4.59. The van der Waals surface area contributed by atoms with Crippen LogP contribution in [0, 0.1) is 11.3 Å². The fourth-order valence-electron chi connectivity index (χ4n) is 3.05. The van der Waals surface area contributed by atoms with Gasteiger partial charge in [0.25, 0.3) is 0 Å². The van der Waals surface area contributed by atoms with Crippen molar-refractivity contribution in [2.45, 2.75) is 32.7 Å². The Hall–Kier alpha value is -2.63. The lowest BCUT2D eigenvalue weighted by Gasteiger charge is -2.37. The topological polar surface area (TPSA) is 83.8 Å². The number of ether oxygens (including phenoxy) is 3. The molecule has 0 saturated heterocycles. The van der Waals surface area contributed by atoms with E-state index in [1.807, 2.05) is 30.0 Å². The van der Waals surface area contributed by atoms with Gasteiger partial charge < -0.3 is 24.4 Å². The molecular formula is C21H27N3O4S. The maximum atomic E-state index is 12.9. The van der Waals surface area contributed by atoms with Crippen LogP contribution < -0.4 is 10.1 Å². The fraction of sp³-hybridized carbons (Fsp3) is 0.476. The maximum Gasteiger partial charge on any atom is 0.338 e. The molecule has 0 spiro atoms. The summed E-state index contributed by atoms with van der Waals surface area (Å²) in [5, 5.41) is 12.5. The number of nitrogens with one attached hydrogen (secondary N) is 1. The van der Waals surface area contributed by atoms with Crippen molar-refractivity contribution in [1.82, 2.24) is 10.2 Å². The van der Waals surface area contributed by atoms with E-state index >= 15 is 0 Å². The number of nitriles is 1. The number of allylic oxidation sites excluding steroid dienone is 1. The Morgan fingerprint density at radius 1 is 1.31 bits per heavy atom. The molecule has 2 rings (SSSR count). The lowest BCUT2D eigenvalue weighted by molar-refractivity contribution is -0.140. The van der Waals surface area contributed by atoms with E-state index in [4.69, 9.17) is 31.7 Å². The first-order valence-corrected chi connectivity index (χ1v) is 9.98. The van der Waals surface area contributed by atoms with E-state index in [2.05, 4.69) is 12.2 Å². The lowest BCUT2D eigenvalue weighted by atomic mass is 9.95. The second kappa shape index (κ2) is 11.4. The summed E-state index contributed by atoms with van der Waals surface area (Å²) < 4.78 is 15.7. The van der Waals surface area contributed by atoms with Crippen molar-refractivity contribution in [2.75, 3.05) is 33.5 Å². The third-order valence-corrected chi connectivity index (χ3v) is 4.93. The van der Waals surface area contributed by atoms with Crippen LogP contribution in [0.1, 0.15) is 38.3 Å². The summed E-state index contributed by atoms with van der Waals surface area (Å²) >= 11 is 5.57. The van der Waals surface area contributed by atoms with E-state index in [1.165, 1.54) is 0 Å². The van der Waals surface area contributed by atoms with Crippen molar-refractivity contribution < 1.29 is 19.0 Å². The van der Waals surface area contributed by atoms with Gasteiger partial charge in [-0.2, -0.15) is 5.26 Å². The van der Waals surface area contributed by atoms with E-state index in [1.54, 1.807) is 19.2 Å². The van der Waals surface area contributed by atoms with Gasteiger partial charge in [-0.3, -0.25) is 0 Å². The first-order chi connectivity index (χ1) is 14.0. The van der Waals surface area contributed by atoms with Crippen molar-refractivity contribution in [3.8, 4) is 11.8 Å². The van der Waals surface area contributed by atoms with Gasteiger partial charge in [-0.15, -0.1) is 0 Å². The van der Waals surface area contributed by atoms with Crippen LogP contribution in [-0.2, 0) is 14.3 Å². The Labute approximate surface area is 177 Å². The number of thiocarbonyl (C=S) groups is 1. The average molecular weight is 418 g/mol. The van der Waals surface area contributed by atoms with Gasteiger partial charge in [0.15, 0.2) is 11.7 Å². The molecule has 1 atom stereocenters. The fourth-order valence-corrected chi connectivity index (χ4v) is 3.39. The molecule has 8 heteroatoms. The number of rotatable bonds is 10. The number of hydrogen-bond acceptors (Lipinski definition) is 6. The van der Waals surface area contributed by atoms with Gasteiger partial charge in [0.1, 0.15) is 18.4 Å². The molecule has 0 unspecified atom stereocenters. The summed E-state index contributed by atoms with van der Waals surface area (Å²) in [5.74, 6) is 0.189. The third kappa shape index (κ3) is 5.92. The minimum atomic E-state index is -0.430. The zero-order valence-corrected chi connectivity index (χ0v) is 17.9. The van der Waals surface area contributed by atoms with Gasteiger partial charge in [0, 0.05) is 19.4 Å². The molecule has 1 aromatic rings. The zero-order valence-electron chi connectivity index (χ0n) is 17.1. The van der Waals surface area contributed by atoms with Gasteiger partial charge in [-0.05, 0) is 43.3 Å². The highest BCUT2D eigenvalue weighted by Gasteiger charge is 2.34. The highest BCUT2D eigenvalue weighted by atomic mass is 32.1. The summed E-state index contributed by atoms with van der Waals surface area (Å²) in [6.07, 6.45) is 1.98. The van der Waals surface area contributed by atoms with Gasteiger partial charge >= 0.3 is 5.97 Å². The molecule has 1 aromatic carbocycles. The molecule has 0 aliphatic carbocycles. The first kappa shape index (κ1) is 22.7. The number of hydrogen-bond donors (Lipinski definition) is 1. The summed E-state index contributed by atoms with van der Waals surface area (Å²) in [6.45, 7) is 5.23. The lowest BCUT2D eigenvalue weighted by Crippen LogP contribution is -2.48. The number of benzene rings is 1. The molecule has 29 heavy (non-hydrogen) atoms. The minimum absolute atomic E-state index is 0.0203. The molecule has 0 radical (unpaired) electrons. The molecule has 0 amide bonds. The Morgan fingerprint density at radius 3 is 2.66 bits per heavy atom. The highest BCUT2D eigenvalue weighted by molar-refractivity contribution is 7.80. The summed E-state index contributed by atoms with van der Waals surface area (Å²) in [6, 6.07) is 8.75. The van der Waals surface area contributed by atoms with Gasteiger partial charge in [0.05, 0.1) is 18.2 Å². The van der Waals surface area contributed by atoms with Crippen molar-refractivity contribution in [3.63, 3.8) is 0 Å². The summed E-state index contributed by atoms with van der Waals surface area (Å²) in [4.78, 5) is 14.8. The Bertz CT molecular complexity index is 786. The van der Waals surface area contributed by atoms with Crippen LogP contribution in [0.2, 0.25) is 0 Å². The molecule has 0 fully saturated rings. The molecule has 1 heterocycles. The van der Waals surface area contributed by atoms with E-state index in [-0.39, 0.29) is 13.2 Å². The first-order valence-electron chi connectivity index (χ1n) is 9.58. The van der Waals surface area contributed by atoms with Crippen LogP contribution in [0.15, 0.2) is 35.5 Å². The summed E-state index contributed by atoms with van der Waals surface area (Å²) in [7, 11) is 1.56. The minimum Gasteiger partial charge on any atom is -0.479 e. The normalized spacial score (nSPS) is 16.3. The van der Waals surface area contributed by atoms with Crippen molar-refractivity contribution in [3.05, 3.63) is 41.1 Å². The van der Waals surface area contributed by atoms with Crippen LogP contribution in [0.25, 0.3) is 0 Å². The molecular weight excluding hydrogens is 390 g/mol. The molecule has 1 aliphatic rings. The number of carbonyl (C=O) groups excluding carboxylic acids is 1. The van der Waals surface area contributed by atoms with Gasteiger partial charge in [0.2, 0.25) is 0 Å². The molecule has 0 bridgehead atoms. The van der Waals surface area contributed by atoms with E-state index in [9.17, 15) is 4.79 Å². The van der Waals surface area contributed by atoms with Gasteiger partial charge in [-0.25, -0.2) is 4.79 Å². The Morgan fingerprint density at radius 2 is 2.03 bits per heavy atom. The predicted molar refractivity (Wildman–Crippen MR) is 113 cm³/mol. The zero-order chi connectivity index (χ0) is 21.2. The number of unbranched alkanes of at least 4 members (excludes halogenated alkanes) is 1. The second-order valence-corrected chi connectivity index (χ2v) is 6.92. The largest absolute Gasteiger partial charge is 0.479 e. The monoisotopic (exact) mass is 417 g/mol. The van der Waals surface area contributed by atoms with Crippen molar-refractivity contribution >= 4 is 23.3 Å². The van der Waals surface area contributed by atoms with E-state index in [0.29, 0.717) is 23.0 Å². The van der Waals surface area contributed by atoms with Crippen LogP contribution in [0.4, 0.5) is 0 Å². The van der Waals surface area contributed by atoms with Crippen molar-refractivity contribution in [1.29, 1.82) is 5.26 Å². The smallest absolute Gasteiger partial charge is 0.338 e. The average Bonchev–Trinajstić information content (AvgIpc) is 2.72. The number of carbonyl (C=O) groups is 1. The highest BCUT2D eigenvalue weighted by Crippen LogP contribution is 2.32. The quantitative estimate of drug-likeness (QED) is 0.353. The van der Waals surface area contributed by atoms with E-state index in [0.717, 1.165) is 30.6 Å². The van der Waals surface area contributed by atoms with Gasteiger partial charge in [-0.1, -0.05) is 25.5 Å². The molecule has 0 saturated carbocycles. The molecule has 0 aromatic heterocycles. The molecule has 156 valence electrons. The van der Waals surface area contributed by atoms with Crippen LogP contribution in [0.3, 0.4) is 0 Å².